The summed E-state index contributed by atoms with van der Waals surface area (Å²) < 4.78 is 37.9. The van der Waals surface area contributed by atoms with Gasteiger partial charge in [-0.3, -0.25) is 0 Å². The molecule has 0 aliphatic rings. The van der Waals surface area contributed by atoms with E-state index in [-0.39, 0.29) is 0 Å². The summed E-state index contributed by atoms with van der Waals surface area (Å²) in [5, 5.41) is 0. The lowest BCUT2D eigenvalue weighted by molar-refractivity contribution is -0.137. The van der Waals surface area contributed by atoms with E-state index in [1.807, 2.05) is 0 Å². The number of hydrogen-bond acceptors (Lipinski definition) is 0. The SMILES string of the molecule is CCCCCc1ccc(-c2ccc(CCc3ccc(C(F)(F)F)cc3)cc2)cc1. The maximum absolute atomic E-state index is 12.6. The van der Waals surface area contributed by atoms with Crippen LogP contribution in [-0.4, -0.2) is 0 Å². The molecule has 29 heavy (non-hydrogen) atoms. The van der Waals surface area contributed by atoms with Crippen LogP contribution in [0.25, 0.3) is 11.1 Å². The predicted octanol–water partition coefficient (Wildman–Crippen LogP) is 7.89. The minimum absolute atomic E-state index is 0.595. The van der Waals surface area contributed by atoms with Crippen LogP contribution in [0.2, 0.25) is 0 Å². The lowest BCUT2D eigenvalue weighted by atomic mass is 9.98. The molecule has 3 aromatic rings. The van der Waals surface area contributed by atoms with Crippen molar-refractivity contribution in [1.82, 2.24) is 0 Å². The van der Waals surface area contributed by atoms with E-state index in [9.17, 15) is 13.2 Å². The Morgan fingerprint density at radius 2 is 0.966 bits per heavy atom. The van der Waals surface area contributed by atoms with E-state index < -0.39 is 11.7 Å². The highest BCUT2D eigenvalue weighted by atomic mass is 19.4. The highest BCUT2D eigenvalue weighted by Gasteiger charge is 2.29. The molecule has 0 spiro atoms. The van der Waals surface area contributed by atoms with Crippen molar-refractivity contribution in [2.24, 2.45) is 0 Å². The first-order chi connectivity index (χ1) is 14.0. The van der Waals surface area contributed by atoms with Crippen LogP contribution in [-0.2, 0) is 25.4 Å². The van der Waals surface area contributed by atoms with Gasteiger partial charge in [-0.05, 0) is 65.6 Å². The Morgan fingerprint density at radius 3 is 1.38 bits per heavy atom. The zero-order valence-electron chi connectivity index (χ0n) is 16.8. The van der Waals surface area contributed by atoms with Crippen molar-refractivity contribution in [3.63, 3.8) is 0 Å². The van der Waals surface area contributed by atoms with E-state index in [2.05, 4.69) is 55.5 Å². The summed E-state index contributed by atoms with van der Waals surface area (Å²) >= 11 is 0. The van der Waals surface area contributed by atoms with Crippen molar-refractivity contribution in [2.45, 2.75) is 51.6 Å². The van der Waals surface area contributed by atoms with Gasteiger partial charge >= 0.3 is 6.18 Å². The third-order valence-electron chi connectivity index (χ3n) is 5.29. The maximum atomic E-state index is 12.6. The van der Waals surface area contributed by atoms with Crippen molar-refractivity contribution in [1.29, 1.82) is 0 Å². The fraction of sp³-hybridized carbons (Fsp3) is 0.308. The van der Waals surface area contributed by atoms with Gasteiger partial charge in [-0.25, -0.2) is 0 Å². The maximum Gasteiger partial charge on any atom is 0.416 e. The smallest absolute Gasteiger partial charge is 0.166 e. The van der Waals surface area contributed by atoms with Crippen molar-refractivity contribution in [2.75, 3.05) is 0 Å². The normalized spacial score (nSPS) is 11.6. The largest absolute Gasteiger partial charge is 0.416 e. The monoisotopic (exact) mass is 396 g/mol. The second-order valence-corrected chi connectivity index (χ2v) is 7.55. The summed E-state index contributed by atoms with van der Waals surface area (Å²) in [5.41, 5.74) is 5.28. The number of benzene rings is 3. The van der Waals surface area contributed by atoms with Crippen LogP contribution in [0.1, 0.15) is 48.4 Å². The number of alkyl halides is 3. The van der Waals surface area contributed by atoms with E-state index in [0.29, 0.717) is 0 Å². The molecule has 0 bridgehead atoms. The Labute approximate surface area is 171 Å². The molecule has 3 rings (SSSR count). The summed E-state index contributed by atoms with van der Waals surface area (Å²) in [7, 11) is 0. The number of rotatable bonds is 8. The third-order valence-corrected chi connectivity index (χ3v) is 5.29. The Morgan fingerprint density at radius 1 is 0.552 bits per heavy atom. The third kappa shape index (κ3) is 6.22. The van der Waals surface area contributed by atoms with Gasteiger partial charge in [-0.15, -0.1) is 0 Å². The molecule has 0 aliphatic heterocycles. The lowest BCUT2D eigenvalue weighted by Crippen LogP contribution is -2.04. The van der Waals surface area contributed by atoms with Gasteiger partial charge in [-0.2, -0.15) is 13.2 Å². The summed E-state index contributed by atoms with van der Waals surface area (Å²) in [4.78, 5) is 0. The topological polar surface area (TPSA) is 0 Å². The first-order valence-electron chi connectivity index (χ1n) is 10.3. The first kappa shape index (κ1) is 21.2. The quantitative estimate of drug-likeness (QED) is 0.340. The molecule has 0 aliphatic carbocycles. The van der Waals surface area contributed by atoms with Gasteiger partial charge in [0.15, 0.2) is 0 Å². The Bertz CT molecular complexity index is 873. The van der Waals surface area contributed by atoms with Crippen molar-refractivity contribution >= 4 is 0 Å². The molecule has 0 saturated heterocycles. The highest BCUT2D eigenvalue weighted by Crippen LogP contribution is 2.29. The standard InChI is InChI=1S/C26H27F3/c1-2-3-4-5-20-8-14-23(15-9-20)24-16-10-21(11-17-24)6-7-22-12-18-25(19-13-22)26(27,28)29/h8-19H,2-7H2,1H3. The fourth-order valence-corrected chi connectivity index (χ4v) is 3.46. The summed E-state index contributed by atoms with van der Waals surface area (Å²) in [6, 6.07) is 22.7. The van der Waals surface area contributed by atoms with Crippen LogP contribution in [0.5, 0.6) is 0 Å². The zero-order valence-corrected chi connectivity index (χ0v) is 16.8. The van der Waals surface area contributed by atoms with Crippen LogP contribution in [0.15, 0.2) is 72.8 Å². The first-order valence-corrected chi connectivity index (χ1v) is 10.3. The average molecular weight is 396 g/mol. The summed E-state index contributed by atoms with van der Waals surface area (Å²) in [5.74, 6) is 0. The molecule has 0 radical (unpaired) electrons. The Balaban J connectivity index is 1.56. The Hall–Kier alpha value is -2.55. The number of unbranched alkanes of at least 4 members (excludes halogenated alkanes) is 2. The number of halogens is 3. The summed E-state index contributed by atoms with van der Waals surface area (Å²) in [6.45, 7) is 2.22. The predicted molar refractivity (Wildman–Crippen MR) is 114 cm³/mol. The molecule has 0 saturated carbocycles. The minimum atomic E-state index is -4.28. The molecule has 0 amide bonds. The molecule has 3 heteroatoms. The second-order valence-electron chi connectivity index (χ2n) is 7.55. The van der Waals surface area contributed by atoms with Crippen molar-refractivity contribution < 1.29 is 13.2 Å². The Kier molecular flexibility index (Phi) is 7.13. The van der Waals surface area contributed by atoms with Gasteiger partial charge in [0.2, 0.25) is 0 Å². The van der Waals surface area contributed by atoms with E-state index in [4.69, 9.17) is 0 Å². The van der Waals surface area contributed by atoms with Gasteiger partial charge < -0.3 is 0 Å². The molecule has 152 valence electrons. The van der Waals surface area contributed by atoms with E-state index in [0.717, 1.165) is 37.0 Å². The molecule has 0 heterocycles. The van der Waals surface area contributed by atoms with E-state index in [1.165, 1.54) is 41.5 Å². The van der Waals surface area contributed by atoms with Crippen LogP contribution >= 0.6 is 0 Å². The van der Waals surface area contributed by atoms with Gasteiger partial charge in [-0.1, -0.05) is 80.4 Å². The molecule has 0 N–H and O–H groups in total. The van der Waals surface area contributed by atoms with E-state index in [1.54, 1.807) is 12.1 Å². The number of hydrogen-bond donors (Lipinski definition) is 0. The summed E-state index contributed by atoms with van der Waals surface area (Å²) in [6.07, 6.45) is 2.15. The van der Waals surface area contributed by atoms with Gasteiger partial charge in [0.25, 0.3) is 0 Å². The van der Waals surface area contributed by atoms with Crippen LogP contribution in [0.4, 0.5) is 13.2 Å². The molecular formula is C26H27F3. The van der Waals surface area contributed by atoms with Crippen LogP contribution < -0.4 is 0 Å². The second kappa shape index (κ2) is 9.78. The average Bonchev–Trinajstić information content (AvgIpc) is 2.73. The van der Waals surface area contributed by atoms with Crippen LogP contribution in [0, 0.1) is 0 Å². The molecule has 0 fully saturated rings. The fourth-order valence-electron chi connectivity index (χ4n) is 3.46. The van der Waals surface area contributed by atoms with E-state index >= 15 is 0 Å². The zero-order chi connectivity index (χ0) is 20.7. The van der Waals surface area contributed by atoms with Crippen molar-refractivity contribution in [3.05, 3.63) is 95.1 Å². The molecule has 0 aromatic heterocycles. The van der Waals surface area contributed by atoms with Crippen LogP contribution in [0.3, 0.4) is 0 Å². The van der Waals surface area contributed by atoms with Gasteiger partial charge in [0, 0.05) is 0 Å². The molecular weight excluding hydrogens is 369 g/mol. The lowest BCUT2D eigenvalue weighted by Gasteiger charge is -2.08. The molecule has 0 atom stereocenters. The van der Waals surface area contributed by atoms with Crippen molar-refractivity contribution in [3.8, 4) is 11.1 Å². The highest BCUT2D eigenvalue weighted by molar-refractivity contribution is 5.64. The minimum Gasteiger partial charge on any atom is -0.166 e. The molecule has 0 nitrogen and oxygen atoms in total. The number of aryl methyl sites for hydroxylation is 3. The van der Waals surface area contributed by atoms with Gasteiger partial charge in [0.05, 0.1) is 5.56 Å². The molecule has 3 aromatic carbocycles. The molecule has 0 unspecified atom stereocenters. The van der Waals surface area contributed by atoms with Gasteiger partial charge in [0.1, 0.15) is 0 Å².